The number of ether oxygens (including phenoxy) is 1. The van der Waals surface area contributed by atoms with E-state index in [4.69, 9.17) is 10.5 Å². The second-order valence-electron chi connectivity index (χ2n) is 4.68. The second-order valence-corrected chi connectivity index (χ2v) is 5.60. The average Bonchev–Trinajstić information content (AvgIpc) is 2.38. The molecule has 1 fully saturated rings. The van der Waals surface area contributed by atoms with Gasteiger partial charge in [-0.2, -0.15) is 0 Å². The van der Waals surface area contributed by atoms with Crippen LogP contribution in [0.2, 0.25) is 0 Å². The molecular weight excluding hydrogens is 282 g/mol. The van der Waals surface area contributed by atoms with E-state index in [9.17, 15) is 5.11 Å². The van der Waals surface area contributed by atoms with Crippen LogP contribution in [0.25, 0.3) is 0 Å². The van der Waals surface area contributed by atoms with Crippen LogP contribution >= 0.6 is 15.9 Å². The number of hydrogen-bond donors (Lipinski definition) is 2. The van der Waals surface area contributed by atoms with Gasteiger partial charge in [-0.15, -0.1) is 0 Å². The number of benzene rings is 1. The molecule has 1 aliphatic heterocycles. The minimum Gasteiger partial charge on any atom is -0.388 e. The molecule has 0 saturated carbocycles. The molecule has 0 bridgehead atoms. The van der Waals surface area contributed by atoms with Gasteiger partial charge in [0.2, 0.25) is 0 Å². The standard InChI is InChI=1S/C13H18BrNO2/c14-11-4-1-3-10(7-11)12(16)13(8-15)5-2-6-17-9-13/h1,3-4,7,12,16H,2,5-6,8-9,15H2. The molecular formula is C13H18BrNO2. The van der Waals surface area contributed by atoms with Gasteiger partial charge in [-0.3, -0.25) is 0 Å². The Labute approximate surface area is 110 Å². The fraction of sp³-hybridized carbons (Fsp3) is 0.538. The van der Waals surface area contributed by atoms with Gasteiger partial charge in [-0.05, 0) is 30.5 Å². The summed E-state index contributed by atoms with van der Waals surface area (Å²) in [6, 6.07) is 7.75. The van der Waals surface area contributed by atoms with Crippen molar-refractivity contribution in [1.29, 1.82) is 0 Å². The van der Waals surface area contributed by atoms with Crippen LogP contribution in [0.1, 0.15) is 24.5 Å². The van der Waals surface area contributed by atoms with E-state index in [0.29, 0.717) is 13.2 Å². The maximum Gasteiger partial charge on any atom is 0.0880 e. The highest BCUT2D eigenvalue weighted by Crippen LogP contribution is 2.40. The molecule has 2 atom stereocenters. The normalized spacial score (nSPS) is 26.8. The first-order chi connectivity index (χ1) is 8.18. The average molecular weight is 300 g/mol. The summed E-state index contributed by atoms with van der Waals surface area (Å²) in [4.78, 5) is 0. The summed E-state index contributed by atoms with van der Waals surface area (Å²) in [5, 5.41) is 10.5. The first-order valence-electron chi connectivity index (χ1n) is 5.89. The quantitative estimate of drug-likeness (QED) is 0.900. The van der Waals surface area contributed by atoms with E-state index in [1.807, 2.05) is 24.3 Å². The highest BCUT2D eigenvalue weighted by Gasteiger charge is 2.39. The Morgan fingerprint density at radius 1 is 1.53 bits per heavy atom. The summed E-state index contributed by atoms with van der Waals surface area (Å²) in [6.07, 6.45) is 1.31. The lowest BCUT2D eigenvalue weighted by Crippen LogP contribution is -2.43. The molecule has 1 aromatic rings. The molecule has 3 nitrogen and oxygen atoms in total. The van der Waals surface area contributed by atoms with Crippen molar-refractivity contribution in [3.63, 3.8) is 0 Å². The molecule has 0 amide bonds. The molecule has 1 heterocycles. The van der Waals surface area contributed by atoms with Crippen molar-refractivity contribution in [2.45, 2.75) is 18.9 Å². The molecule has 2 rings (SSSR count). The highest BCUT2D eigenvalue weighted by atomic mass is 79.9. The molecule has 1 aromatic carbocycles. The van der Waals surface area contributed by atoms with Crippen molar-refractivity contribution in [3.8, 4) is 0 Å². The molecule has 0 aromatic heterocycles. The Bertz CT molecular complexity index is 377. The number of aliphatic hydroxyl groups excluding tert-OH is 1. The molecule has 0 spiro atoms. The Morgan fingerprint density at radius 3 is 2.94 bits per heavy atom. The van der Waals surface area contributed by atoms with Crippen LogP contribution in [-0.4, -0.2) is 24.9 Å². The molecule has 0 aliphatic carbocycles. The van der Waals surface area contributed by atoms with Crippen molar-refractivity contribution < 1.29 is 9.84 Å². The molecule has 1 saturated heterocycles. The first kappa shape index (κ1) is 13.0. The van der Waals surface area contributed by atoms with Gasteiger partial charge in [0.15, 0.2) is 0 Å². The van der Waals surface area contributed by atoms with Crippen LogP contribution in [0.4, 0.5) is 0 Å². The van der Waals surface area contributed by atoms with Crippen molar-refractivity contribution in [1.82, 2.24) is 0 Å². The van der Waals surface area contributed by atoms with Crippen molar-refractivity contribution in [3.05, 3.63) is 34.3 Å². The zero-order valence-electron chi connectivity index (χ0n) is 9.73. The predicted octanol–water partition coefficient (Wildman–Crippen LogP) is 2.24. The minimum atomic E-state index is -0.565. The SMILES string of the molecule is NCC1(C(O)c2cccc(Br)c2)CCCOC1. The summed E-state index contributed by atoms with van der Waals surface area (Å²) < 4.78 is 6.47. The van der Waals surface area contributed by atoms with Gasteiger partial charge < -0.3 is 15.6 Å². The third kappa shape index (κ3) is 2.71. The summed E-state index contributed by atoms with van der Waals surface area (Å²) in [6.45, 7) is 1.75. The maximum absolute atomic E-state index is 10.5. The van der Waals surface area contributed by atoms with E-state index in [2.05, 4.69) is 15.9 Å². The van der Waals surface area contributed by atoms with Gasteiger partial charge in [0.05, 0.1) is 12.7 Å². The third-order valence-corrected chi connectivity index (χ3v) is 4.00. The molecule has 4 heteroatoms. The Morgan fingerprint density at radius 2 is 2.35 bits per heavy atom. The highest BCUT2D eigenvalue weighted by molar-refractivity contribution is 9.10. The van der Waals surface area contributed by atoms with Gasteiger partial charge in [-0.1, -0.05) is 28.1 Å². The van der Waals surface area contributed by atoms with Crippen LogP contribution in [0.15, 0.2) is 28.7 Å². The number of hydrogen-bond acceptors (Lipinski definition) is 3. The van der Waals surface area contributed by atoms with E-state index < -0.39 is 6.10 Å². The van der Waals surface area contributed by atoms with Crippen LogP contribution in [-0.2, 0) is 4.74 Å². The Hall–Kier alpha value is -0.420. The van der Waals surface area contributed by atoms with E-state index in [0.717, 1.165) is 29.5 Å². The fourth-order valence-electron chi connectivity index (χ4n) is 2.39. The molecule has 2 unspecified atom stereocenters. The summed E-state index contributed by atoms with van der Waals surface area (Å²) in [7, 11) is 0. The molecule has 94 valence electrons. The first-order valence-corrected chi connectivity index (χ1v) is 6.69. The summed E-state index contributed by atoms with van der Waals surface area (Å²) in [5.74, 6) is 0. The van der Waals surface area contributed by atoms with Gasteiger partial charge in [0, 0.05) is 23.0 Å². The molecule has 1 aliphatic rings. The number of aliphatic hydroxyl groups is 1. The summed E-state index contributed by atoms with van der Waals surface area (Å²) in [5.41, 5.74) is 6.43. The van der Waals surface area contributed by atoms with Crippen LogP contribution < -0.4 is 5.73 Å². The smallest absolute Gasteiger partial charge is 0.0880 e. The lowest BCUT2D eigenvalue weighted by atomic mass is 9.75. The van der Waals surface area contributed by atoms with Gasteiger partial charge >= 0.3 is 0 Å². The monoisotopic (exact) mass is 299 g/mol. The van der Waals surface area contributed by atoms with E-state index >= 15 is 0 Å². The lowest BCUT2D eigenvalue weighted by Gasteiger charge is -2.40. The fourth-order valence-corrected chi connectivity index (χ4v) is 2.81. The van der Waals surface area contributed by atoms with Crippen LogP contribution in [0.3, 0.4) is 0 Å². The molecule has 17 heavy (non-hydrogen) atoms. The number of rotatable bonds is 3. The zero-order chi connectivity index (χ0) is 12.3. The zero-order valence-corrected chi connectivity index (χ0v) is 11.3. The Balaban J connectivity index is 2.24. The minimum absolute atomic E-state index is 0.334. The Kier molecular flexibility index (Phi) is 4.20. The van der Waals surface area contributed by atoms with Gasteiger partial charge in [-0.25, -0.2) is 0 Å². The van der Waals surface area contributed by atoms with Gasteiger partial charge in [0.25, 0.3) is 0 Å². The largest absolute Gasteiger partial charge is 0.388 e. The van der Waals surface area contributed by atoms with E-state index in [1.54, 1.807) is 0 Å². The van der Waals surface area contributed by atoms with Crippen molar-refractivity contribution >= 4 is 15.9 Å². The van der Waals surface area contributed by atoms with Crippen LogP contribution in [0.5, 0.6) is 0 Å². The van der Waals surface area contributed by atoms with E-state index in [-0.39, 0.29) is 5.41 Å². The van der Waals surface area contributed by atoms with Crippen LogP contribution in [0, 0.1) is 5.41 Å². The number of halogens is 1. The van der Waals surface area contributed by atoms with Crippen molar-refractivity contribution in [2.24, 2.45) is 11.1 Å². The molecule has 3 N–H and O–H groups in total. The van der Waals surface area contributed by atoms with Gasteiger partial charge in [0.1, 0.15) is 0 Å². The molecule has 0 radical (unpaired) electrons. The summed E-state index contributed by atoms with van der Waals surface area (Å²) >= 11 is 3.42. The third-order valence-electron chi connectivity index (χ3n) is 3.50. The van der Waals surface area contributed by atoms with E-state index in [1.165, 1.54) is 0 Å². The second kappa shape index (κ2) is 5.48. The maximum atomic E-state index is 10.5. The van der Waals surface area contributed by atoms with Crippen molar-refractivity contribution in [2.75, 3.05) is 19.8 Å². The lowest BCUT2D eigenvalue weighted by molar-refractivity contribution is -0.0782. The topological polar surface area (TPSA) is 55.5 Å². The number of nitrogens with two attached hydrogens (primary N) is 1. The predicted molar refractivity (Wildman–Crippen MR) is 70.6 cm³/mol.